The largest absolute Gasteiger partial charge is 0.357 e. The Morgan fingerprint density at radius 2 is 1.91 bits per heavy atom. The number of H-pyrrole nitrogens is 1. The van der Waals surface area contributed by atoms with E-state index < -0.39 is 8.38 Å². The van der Waals surface area contributed by atoms with E-state index in [1.54, 1.807) is 12.4 Å². The number of hydrogen-bond donors (Lipinski definition) is 3. The highest BCUT2D eigenvalue weighted by atomic mass is 31.2. The monoisotopic (exact) mass is 465 g/mol. The predicted octanol–water partition coefficient (Wildman–Crippen LogP) is 2.78. The van der Waals surface area contributed by atoms with Gasteiger partial charge in [-0.15, -0.1) is 0 Å². The van der Waals surface area contributed by atoms with Crippen molar-refractivity contribution in [3.8, 4) is 0 Å². The number of nitrogens with one attached hydrogen (secondary N) is 3. The van der Waals surface area contributed by atoms with Crippen LogP contribution in [0, 0.1) is 0 Å². The van der Waals surface area contributed by atoms with Gasteiger partial charge in [-0.25, -0.2) is 0 Å². The number of aromatic amines is 1. The number of amides is 2. The summed E-state index contributed by atoms with van der Waals surface area (Å²) in [6, 6.07) is 3.84. The third-order valence-electron chi connectivity index (χ3n) is 4.74. The van der Waals surface area contributed by atoms with Crippen LogP contribution in [0.25, 0.3) is 10.9 Å². The highest BCUT2D eigenvalue weighted by Crippen LogP contribution is 2.37. The van der Waals surface area contributed by atoms with E-state index in [1.165, 1.54) is 0 Å². The molecule has 2 aromatic heterocycles. The highest BCUT2D eigenvalue weighted by molar-refractivity contribution is 7.47. The number of nitrogens with zero attached hydrogens (tertiary/aromatic N) is 2. The van der Waals surface area contributed by atoms with Crippen molar-refractivity contribution in [2.45, 2.75) is 40.2 Å². The molecule has 2 heterocycles. The second-order valence-corrected chi connectivity index (χ2v) is 8.96. The van der Waals surface area contributed by atoms with Crippen LogP contribution >= 0.6 is 8.38 Å². The second-order valence-electron chi connectivity index (χ2n) is 7.33. The van der Waals surface area contributed by atoms with Crippen molar-refractivity contribution in [2.75, 3.05) is 45.6 Å². The van der Waals surface area contributed by atoms with Gasteiger partial charge < -0.3 is 24.7 Å². The van der Waals surface area contributed by atoms with E-state index in [4.69, 9.17) is 9.05 Å². The zero-order valence-corrected chi connectivity index (χ0v) is 20.2. The molecule has 178 valence electrons. The van der Waals surface area contributed by atoms with Crippen molar-refractivity contribution >= 4 is 31.1 Å². The van der Waals surface area contributed by atoms with Crippen LogP contribution in [0.3, 0.4) is 0 Å². The highest BCUT2D eigenvalue weighted by Gasteiger charge is 2.16. The first kappa shape index (κ1) is 26.2. The summed E-state index contributed by atoms with van der Waals surface area (Å²) in [5.41, 5.74) is 1.86. The topological polar surface area (TPSA) is 109 Å². The molecule has 0 fully saturated rings. The van der Waals surface area contributed by atoms with Crippen molar-refractivity contribution in [1.82, 2.24) is 25.5 Å². The lowest BCUT2D eigenvalue weighted by Crippen LogP contribution is -2.43. The summed E-state index contributed by atoms with van der Waals surface area (Å²) in [5, 5.41) is 6.54. The fourth-order valence-corrected chi connectivity index (χ4v) is 4.51. The first-order chi connectivity index (χ1) is 15.5. The number of carbonyl (C=O) groups is 2. The smallest absolute Gasteiger partial charge is 0.239 e. The minimum absolute atomic E-state index is 0.0488. The quantitative estimate of drug-likeness (QED) is 0.329. The molecule has 9 nitrogen and oxygen atoms in total. The Kier molecular flexibility index (Phi) is 12.2. The first-order valence-corrected chi connectivity index (χ1v) is 12.6. The lowest BCUT2D eigenvalue weighted by atomic mass is 10.3. The van der Waals surface area contributed by atoms with E-state index in [0.717, 1.165) is 48.7 Å². The third kappa shape index (κ3) is 9.61. The van der Waals surface area contributed by atoms with E-state index >= 15 is 0 Å². The number of pyridine rings is 1. The molecule has 2 amide bonds. The van der Waals surface area contributed by atoms with Gasteiger partial charge in [-0.1, -0.05) is 13.3 Å². The van der Waals surface area contributed by atoms with Crippen molar-refractivity contribution in [2.24, 2.45) is 0 Å². The summed E-state index contributed by atoms with van der Waals surface area (Å²) in [5.74, 6) is -0.392. The molecule has 10 heteroatoms. The van der Waals surface area contributed by atoms with Gasteiger partial charge in [0.05, 0.1) is 32.8 Å². The van der Waals surface area contributed by atoms with Crippen LogP contribution in [0.5, 0.6) is 0 Å². The maximum atomic E-state index is 12.4. The summed E-state index contributed by atoms with van der Waals surface area (Å²) >= 11 is 0. The number of rotatable bonds is 16. The molecule has 0 spiro atoms. The van der Waals surface area contributed by atoms with Crippen LogP contribution in [0.4, 0.5) is 0 Å². The second kappa shape index (κ2) is 14.9. The molecular formula is C22H36N5O4P. The van der Waals surface area contributed by atoms with Crippen LogP contribution < -0.4 is 10.6 Å². The fourth-order valence-electron chi connectivity index (χ4n) is 3.15. The van der Waals surface area contributed by atoms with E-state index in [0.29, 0.717) is 19.8 Å². The van der Waals surface area contributed by atoms with E-state index in [9.17, 15) is 9.59 Å². The summed E-state index contributed by atoms with van der Waals surface area (Å²) in [6.45, 7) is 9.39. The van der Waals surface area contributed by atoms with Crippen molar-refractivity contribution < 1.29 is 18.6 Å². The molecule has 0 saturated heterocycles. The summed E-state index contributed by atoms with van der Waals surface area (Å²) in [6.07, 6.45) is 6.31. The Morgan fingerprint density at radius 1 is 1.12 bits per heavy atom. The van der Waals surface area contributed by atoms with E-state index in [1.807, 2.05) is 26.0 Å². The Bertz CT molecular complexity index is 793. The molecule has 2 aromatic rings. The number of hydrogen-bond acceptors (Lipinski definition) is 6. The predicted molar refractivity (Wildman–Crippen MR) is 127 cm³/mol. The van der Waals surface area contributed by atoms with Crippen LogP contribution in [-0.4, -0.2) is 72.2 Å². The Morgan fingerprint density at radius 3 is 2.59 bits per heavy atom. The molecule has 2 rings (SSSR count). The molecule has 0 aliphatic rings. The van der Waals surface area contributed by atoms with E-state index in [2.05, 4.69) is 32.4 Å². The van der Waals surface area contributed by atoms with Crippen molar-refractivity contribution in [3.05, 3.63) is 30.2 Å². The molecule has 0 saturated carbocycles. The van der Waals surface area contributed by atoms with Gasteiger partial charge in [0, 0.05) is 41.7 Å². The Hall–Kier alpha value is -2.06. The average Bonchev–Trinajstić information content (AvgIpc) is 3.21. The van der Waals surface area contributed by atoms with Gasteiger partial charge in [-0.05, 0) is 38.9 Å². The van der Waals surface area contributed by atoms with Gasteiger partial charge in [-0.3, -0.25) is 19.5 Å². The number of fused-ring (bicyclic) bond motifs is 1. The molecule has 3 N–H and O–H groups in total. The summed E-state index contributed by atoms with van der Waals surface area (Å²) in [7, 11) is -0.931. The maximum Gasteiger partial charge on any atom is 0.239 e. The normalized spacial score (nSPS) is 11.4. The average molecular weight is 466 g/mol. The van der Waals surface area contributed by atoms with Crippen molar-refractivity contribution in [1.29, 1.82) is 0 Å². The lowest BCUT2D eigenvalue weighted by Gasteiger charge is -2.24. The zero-order valence-electron chi connectivity index (χ0n) is 19.4. The van der Waals surface area contributed by atoms with Crippen LogP contribution in [0.1, 0.15) is 39.3 Å². The number of carbonyl (C=O) groups excluding carboxylic acids is 2. The minimum atomic E-state index is -0.931. The van der Waals surface area contributed by atoms with Gasteiger partial charge in [0.25, 0.3) is 0 Å². The number of unbranched alkanes of at least 4 members (excludes halogenated alkanes) is 1. The molecule has 0 aliphatic heterocycles. The van der Waals surface area contributed by atoms with Crippen LogP contribution in [0.2, 0.25) is 0 Å². The molecule has 0 radical (unpaired) electrons. The molecular weight excluding hydrogens is 429 g/mol. The van der Waals surface area contributed by atoms with Crippen molar-refractivity contribution in [3.63, 3.8) is 0 Å². The van der Waals surface area contributed by atoms with E-state index in [-0.39, 0.29) is 24.9 Å². The van der Waals surface area contributed by atoms with Gasteiger partial charge in [0.15, 0.2) is 8.38 Å². The maximum absolute atomic E-state index is 12.4. The lowest BCUT2D eigenvalue weighted by molar-refractivity contribution is -0.126. The third-order valence-corrected chi connectivity index (χ3v) is 6.40. The number of aromatic nitrogens is 2. The summed E-state index contributed by atoms with van der Waals surface area (Å²) < 4.78 is 11.3. The van der Waals surface area contributed by atoms with Gasteiger partial charge in [0.2, 0.25) is 11.8 Å². The SMILES string of the molecule is CCCCN(CCP(OCC)OCC)CC(=O)NCC(=O)NCc1cc2cnccc2[nH]1. The first-order valence-electron chi connectivity index (χ1n) is 11.3. The van der Waals surface area contributed by atoms with Gasteiger partial charge in [0.1, 0.15) is 0 Å². The van der Waals surface area contributed by atoms with Gasteiger partial charge >= 0.3 is 0 Å². The zero-order chi connectivity index (χ0) is 23.2. The Labute approximate surface area is 191 Å². The molecule has 0 atom stereocenters. The summed E-state index contributed by atoms with van der Waals surface area (Å²) in [4.78, 5) is 34.0. The standard InChI is InChI=1S/C22H36N5O4P/c1-4-7-10-27(11-12-32(30-5-2)31-6-3)17-22(29)25-16-21(28)24-15-19-13-18-14-23-9-8-20(18)26-19/h8-9,13-14,26H,4-7,10-12,15-17H2,1-3H3,(H,24,28)(H,25,29). The van der Waals surface area contributed by atoms with Gasteiger partial charge in [-0.2, -0.15) is 0 Å². The van der Waals surface area contributed by atoms with Crippen LogP contribution in [-0.2, 0) is 25.2 Å². The Balaban J connectivity index is 1.73. The van der Waals surface area contributed by atoms with Crippen LogP contribution in [0.15, 0.2) is 24.5 Å². The molecule has 0 unspecified atom stereocenters. The molecule has 0 aliphatic carbocycles. The fraction of sp³-hybridized carbons (Fsp3) is 0.591. The molecule has 0 aromatic carbocycles. The molecule has 0 bridgehead atoms. The molecule has 32 heavy (non-hydrogen) atoms. The minimum Gasteiger partial charge on any atom is -0.357 e.